The number of hydrogen-bond acceptors (Lipinski definition) is 4. The Kier molecular flexibility index (Phi) is 5.70. The molecule has 1 heterocycles. The van der Waals surface area contributed by atoms with Crippen LogP contribution in [-0.4, -0.2) is 40.3 Å². The van der Waals surface area contributed by atoms with Crippen LogP contribution in [0.4, 0.5) is 5.69 Å². The first kappa shape index (κ1) is 19.2. The quantitative estimate of drug-likeness (QED) is 0.823. The lowest BCUT2D eigenvalue weighted by atomic mass is 9.97. The first-order chi connectivity index (χ1) is 12.8. The molecule has 0 saturated heterocycles. The molecule has 7 heteroatoms. The lowest BCUT2D eigenvalue weighted by Gasteiger charge is -2.26. The average Bonchev–Trinajstić information content (AvgIpc) is 2.63. The number of amides is 1. The van der Waals surface area contributed by atoms with Crippen molar-refractivity contribution in [2.75, 3.05) is 30.3 Å². The molecule has 3 rings (SSSR count). The Morgan fingerprint density at radius 3 is 2.74 bits per heavy atom. The summed E-state index contributed by atoms with van der Waals surface area (Å²) >= 11 is 0. The molecule has 1 aliphatic rings. The molecule has 144 valence electrons. The smallest absolute Gasteiger partial charge is 0.240 e. The topological polar surface area (TPSA) is 75.7 Å². The molecule has 2 aromatic carbocycles. The van der Waals surface area contributed by atoms with E-state index in [9.17, 15) is 13.2 Å². The second-order valence-corrected chi connectivity index (χ2v) is 8.81. The second-order valence-electron chi connectivity index (χ2n) is 6.90. The fourth-order valence-corrected chi connectivity index (χ4v) is 4.00. The fraction of sp³-hybridized carbons (Fsp3) is 0.350. The average molecular weight is 388 g/mol. The van der Waals surface area contributed by atoms with Gasteiger partial charge in [0.2, 0.25) is 15.9 Å². The van der Waals surface area contributed by atoms with Gasteiger partial charge >= 0.3 is 0 Å². The summed E-state index contributed by atoms with van der Waals surface area (Å²) < 4.78 is 31.2. The van der Waals surface area contributed by atoms with Crippen molar-refractivity contribution < 1.29 is 17.9 Å². The Balaban J connectivity index is 1.60. The number of benzene rings is 2. The maximum absolute atomic E-state index is 12.4. The van der Waals surface area contributed by atoms with Gasteiger partial charge in [-0.2, -0.15) is 0 Å². The first-order valence-corrected chi connectivity index (χ1v) is 10.7. The van der Waals surface area contributed by atoms with Gasteiger partial charge in [-0.15, -0.1) is 0 Å². The molecule has 0 saturated carbocycles. The van der Waals surface area contributed by atoms with Crippen molar-refractivity contribution in [1.29, 1.82) is 0 Å². The van der Waals surface area contributed by atoms with Crippen LogP contribution in [0, 0.1) is 12.8 Å². The lowest BCUT2D eigenvalue weighted by Crippen LogP contribution is -2.43. The summed E-state index contributed by atoms with van der Waals surface area (Å²) in [6.45, 7) is 2.61. The highest BCUT2D eigenvalue weighted by molar-refractivity contribution is 7.92. The number of rotatable bonds is 6. The third-order valence-electron chi connectivity index (χ3n) is 4.52. The minimum Gasteiger partial charge on any atom is -0.493 e. The molecule has 1 amide bonds. The lowest BCUT2D eigenvalue weighted by molar-refractivity contribution is -0.119. The molecule has 0 radical (unpaired) electrons. The van der Waals surface area contributed by atoms with Crippen molar-refractivity contribution >= 4 is 21.6 Å². The number of hydrogen-bond donors (Lipinski definition) is 1. The van der Waals surface area contributed by atoms with E-state index in [4.69, 9.17) is 4.74 Å². The highest BCUT2D eigenvalue weighted by atomic mass is 32.2. The summed E-state index contributed by atoms with van der Waals surface area (Å²) in [5, 5.41) is 2.85. The van der Waals surface area contributed by atoms with Crippen molar-refractivity contribution in [3.63, 3.8) is 0 Å². The molecule has 0 unspecified atom stereocenters. The Hall–Kier alpha value is -2.54. The maximum atomic E-state index is 12.4. The van der Waals surface area contributed by atoms with Crippen molar-refractivity contribution in [3.8, 4) is 5.75 Å². The van der Waals surface area contributed by atoms with Gasteiger partial charge in [-0.25, -0.2) is 8.42 Å². The van der Waals surface area contributed by atoms with E-state index in [1.807, 2.05) is 37.3 Å². The number of fused-ring (bicyclic) bond motifs is 1. The second kappa shape index (κ2) is 8.00. The maximum Gasteiger partial charge on any atom is 0.240 e. The van der Waals surface area contributed by atoms with Crippen molar-refractivity contribution in [2.45, 2.75) is 13.3 Å². The summed E-state index contributed by atoms with van der Waals surface area (Å²) in [6, 6.07) is 15.0. The molecule has 1 N–H and O–H groups in total. The monoisotopic (exact) mass is 388 g/mol. The minimum atomic E-state index is -3.57. The molecular formula is C20H24N2O4S. The number of nitrogens with zero attached hydrogens (tertiary/aromatic N) is 1. The SMILES string of the molecule is Cc1cccc(N(CC(=O)NC[C@H]2COc3ccccc3C2)S(C)(=O)=O)c1. The predicted octanol–water partition coefficient (Wildman–Crippen LogP) is 2.13. The standard InChI is InChI=1S/C20H24N2O4S/c1-15-6-5-8-18(10-15)22(27(2,24)25)13-20(23)21-12-16-11-17-7-3-4-9-19(17)26-14-16/h3-10,16H,11-14H2,1-2H3,(H,21,23)/t16-/m0/s1. The van der Waals surface area contributed by atoms with Crippen LogP contribution < -0.4 is 14.4 Å². The Bertz CT molecular complexity index is 927. The minimum absolute atomic E-state index is 0.162. The van der Waals surface area contributed by atoms with Gasteiger partial charge in [0.15, 0.2) is 0 Å². The Labute approximate surface area is 160 Å². The number of carbonyl (C=O) groups is 1. The normalized spacial score (nSPS) is 16.1. The van der Waals surface area contributed by atoms with Crippen LogP contribution in [-0.2, 0) is 21.2 Å². The molecule has 0 aromatic heterocycles. The van der Waals surface area contributed by atoms with Gasteiger partial charge in [-0.05, 0) is 42.7 Å². The highest BCUT2D eigenvalue weighted by Crippen LogP contribution is 2.26. The van der Waals surface area contributed by atoms with E-state index < -0.39 is 10.0 Å². The number of anilines is 1. The molecule has 0 bridgehead atoms. The van der Waals surface area contributed by atoms with Gasteiger partial charge in [-0.3, -0.25) is 9.10 Å². The van der Waals surface area contributed by atoms with Crippen molar-refractivity contribution in [1.82, 2.24) is 5.32 Å². The number of para-hydroxylation sites is 1. The fourth-order valence-electron chi connectivity index (χ4n) is 3.15. The van der Waals surface area contributed by atoms with Crippen LogP contribution >= 0.6 is 0 Å². The van der Waals surface area contributed by atoms with Crippen LogP contribution in [0.3, 0.4) is 0 Å². The van der Waals surface area contributed by atoms with E-state index in [2.05, 4.69) is 5.32 Å². The molecule has 0 aliphatic carbocycles. The summed E-state index contributed by atoms with van der Waals surface area (Å²) in [4.78, 5) is 12.4. The molecule has 0 fully saturated rings. The zero-order valence-corrected chi connectivity index (χ0v) is 16.3. The van der Waals surface area contributed by atoms with E-state index in [-0.39, 0.29) is 18.4 Å². The molecule has 1 aliphatic heterocycles. The van der Waals surface area contributed by atoms with Crippen molar-refractivity contribution in [3.05, 3.63) is 59.7 Å². The molecule has 1 atom stereocenters. The third kappa shape index (κ3) is 5.01. The van der Waals surface area contributed by atoms with Gasteiger partial charge < -0.3 is 10.1 Å². The van der Waals surface area contributed by atoms with Crippen LogP contribution in [0.1, 0.15) is 11.1 Å². The molecule has 0 spiro atoms. The van der Waals surface area contributed by atoms with E-state index in [0.29, 0.717) is 18.8 Å². The highest BCUT2D eigenvalue weighted by Gasteiger charge is 2.23. The van der Waals surface area contributed by atoms with E-state index >= 15 is 0 Å². The zero-order valence-electron chi connectivity index (χ0n) is 15.5. The van der Waals surface area contributed by atoms with Gasteiger partial charge in [-0.1, -0.05) is 30.3 Å². The van der Waals surface area contributed by atoms with Crippen molar-refractivity contribution in [2.24, 2.45) is 5.92 Å². The van der Waals surface area contributed by atoms with Gasteiger partial charge in [0.25, 0.3) is 0 Å². The summed E-state index contributed by atoms with van der Waals surface area (Å²) in [5.74, 6) is 0.720. The summed E-state index contributed by atoms with van der Waals surface area (Å²) in [5.41, 5.74) is 2.54. The molecule has 27 heavy (non-hydrogen) atoms. The van der Waals surface area contributed by atoms with Gasteiger partial charge in [0.1, 0.15) is 12.3 Å². The van der Waals surface area contributed by atoms with Gasteiger partial charge in [0, 0.05) is 12.5 Å². The summed E-state index contributed by atoms with van der Waals surface area (Å²) in [6.07, 6.45) is 1.93. The number of nitrogens with one attached hydrogen (secondary N) is 1. The zero-order chi connectivity index (χ0) is 19.4. The Morgan fingerprint density at radius 1 is 1.22 bits per heavy atom. The largest absolute Gasteiger partial charge is 0.493 e. The number of carbonyl (C=O) groups excluding carboxylic acids is 1. The van der Waals surface area contributed by atoms with E-state index in [0.717, 1.165) is 33.9 Å². The van der Waals surface area contributed by atoms with Crippen LogP contribution in [0.5, 0.6) is 5.75 Å². The van der Waals surface area contributed by atoms with E-state index in [1.54, 1.807) is 18.2 Å². The number of sulfonamides is 1. The van der Waals surface area contributed by atoms with Gasteiger partial charge in [0.05, 0.1) is 18.6 Å². The van der Waals surface area contributed by atoms with Crippen LogP contribution in [0.15, 0.2) is 48.5 Å². The Morgan fingerprint density at radius 2 is 2.00 bits per heavy atom. The van der Waals surface area contributed by atoms with Crippen LogP contribution in [0.2, 0.25) is 0 Å². The van der Waals surface area contributed by atoms with Crippen LogP contribution in [0.25, 0.3) is 0 Å². The third-order valence-corrected chi connectivity index (χ3v) is 5.66. The van der Waals surface area contributed by atoms with E-state index in [1.165, 1.54) is 0 Å². The number of ether oxygens (including phenoxy) is 1. The predicted molar refractivity (Wildman–Crippen MR) is 106 cm³/mol. The first-order valence-electron chi connectivity index (χ1n) is 8.85. The molecule has 2 aromatic rings. The molecule has 6 nitrogen and oxygen atoms in total. The molecular weight excluding hydrogens is 364 g/mol. The number of aryl methyl sites for hydroxylation is 1. The summed E-state index contributed by atoms with van der Waals surface area (Å²) in [7, 11) is -3.57.